The van der Waals surface area contributed by atoms with Crippen molar-refractivity contribution >= 4 is 16.9 Å². The standard InChI is InChI=1S/C26H31N3O2/c1-16(2)27-18-13-22(17-9-5-4-6-10-17)29-23(14-18)25-20(15-24(29)26(30)31-3)19-11-7-8-12-21(19)28-25/h4-12,16,18,22-24,27-28H,13-15H2,1-3H3/t18-,22-,23+,24-/m0/s1. The van der Waals surface area contributed by atoms with E-state index in [9.17, 15) is 4.79 Å². The second-order valence-electron chi connectivity index (χ2n) is 9.19. The molecule has 0 unspecified atom stereocenters. The van der Waals surface area contributed by atoms with Crippen LogP contribution in [0.25, 0.3) is 10.9 Å². The van der Waals surface area contributed by atoms with Crippen LogP contribution in [-0.4, -0.2) is 41.1 Å². The summed E-state index contributed by atoms with van der Waals surface area (Å²) in [6.07, 6.45) is 2.62. The third kappa shape index (κ3) is 3.56. The van der Waals surface area contributed by atoms with Crippen LogP contribution in [0.4, 0.5) is 0 Å². The number of esters is 1. The number of carbonyl (C=O) groups is 1. The van der Waals surface area contributed by atoms with Gasteiger partial charge in [-0.2, -0.15) is 0 Å². The molecule has 2 aliphatic rings. The molecule has 5 nitrogen and oxygen atoms in total. The molecule has 2 N–H and O–H groups in total. The van der Waals surface area contributed by atoms with E-state index < -0.39 is 0 Å². The van der Waals surface area contributed by atoms with Gasteiger partial charge in [-0.25, -0.2) is 0 Å². The normalized spacial score (nSPS) is 25.9. The van der Waals surface area contributed by atoms with E-state index >= 15 is 0 Å². The number of nitrogens with one attached hydrogen (secondary N) is 2. The zero-order valence-electron chi connectivity index (χ0n) is 18.5. The quantitative estimate of drug-likeness (QED) is 0.613. The summed E-state index contributed by atoms with van der Waals surface area (Å²) in [6.45, 7) is 4.41. The number of rotatable bonds is 4. The molecule has 1 saturated heterocycles. The number of H-pyrrole nitrogens is 1. The maximum absolute atomic E-state index is 13.0. The monoisotopic (exact) mass is 417 g/mol. The van der Waals surface area contributed by atoms with E-state index in [0.717, 1.165) is 18.4 Å². The molecule has 2 aliphatic heterocycles. The predicted octanol–water partition coefficient (Wildman–Crippen LogP) is 4.51. The second kappa shape index (κ2) is 8.13. The third-order valence-corrected chi connectivity index (χ3v) is 6.90. The van der Waals surface area contributed by atoms with Gasteiger partial charge in [-0.15, -0.1) is 0 Å². The molecule has 0 radical (unpaired) electrons. The first-order valence-electron chi connectivity index (χ1n) is 11.3. The highest BCUT2D eigenvalue weighted by Gasteiger charge is 2.48. The number of benzene rings is 2. The molecule has 5 heteroatoms. The Morgan fingerprint density at radius 1 is 1.06 bits per heavy atom. The van der Waals surface area contributed by atoms with Crippen molar-refractivity contribution in [3.05, 3.63) is 71.4 Å². The number of methoxy groups -OCH3 is 1. The van der Waals surface area contributed by atoms with Crippen LogP contribution in [0.5, 0.6) is 0 Å². The van der Waals surface area contributed by atoms with Crippen LogP contribution in [0, 0.1) is 0 Å². The molecular weight excluding hydrogens is 386 g/mol. The van der Waals surface area contributed by atoms with Crippen LogP contribution in [-0.2, 0) is 16.0 Å². The lowest BCUT2D eigenvalue weighted by molar-refractivity contribution is -0.152. The van der Waals surface area contributed by atoms with Crippen LogP contribution >= 0.6 is 0 Å². The second-order valence-corrected chi connectivity index (χ2v) is 9.19. The fraction of sp³-hybridized carbons (Fsp3) is 0.423. The van der Waals surface area contributed by atoms with Gasteiger partial charge in [0, 0.05) is 41.1 Å². The zero-order chi connectivity index (χ0) is 21.5. The first kappa shape index (κ1) is 20.3. The van der Waals surface area contributed by atoms with Crippen molar-refractivity contribution in [2.45, 2.75) is 63.3 Å². The number of para-hydroxylation sites is 1. The lowest BCUT2D eigenvalue weighted by Crippen LogP contribution is -2.56. The van der Waals surface area contributed by atoms with Gasteiger partial charge in [-0.1, -0.05) is 62.4 Å². The summed E-state index contributed by atoms with van der Waals surface area (Å²) >= 11 is 0. The maximum atomic E-state index is 13.0. The Bertz CT molecular complexity index is 1070. The number of hydrogen-bond acceptors (Lipinski definition) is 4. The maximum Gasteiger partial charge on any atom is 0.323 e. The Labute approximate surface area is 183 Å². The first-order valence-corrected chi connectivity index (χ1v) is 11.3. The summed E-state index contributed by atoms with van der Waals surface area (Å²) < 4.78 is 5.31. The average molecular weight is 418 g/mol. The van der Waals surface area contributed by atoms with Crippen LogP contribution in [0.1, 0.15) is 55.6 Å². The van der Waals surface area contributed by atoms with E-state index in [-0.39, 0.29) is 24.1 Å². The zero-order valence-corrected chi connectivity index (χ0v) is 18.5. The lowest BCUT2D eigenvalue weighted by atomic mass is 9.79. The minimum Gasteiger partial charge on any atom is -0.468 e. The fourth-order valence-corrected chi connectivity index (χ4v) is 5.75. The number of piperidine rings is 1. The van der Waals surface area contributed by atoms with Crippen molar-refractivity contribution in [3.63, 3.8) is 0 Å². The molecule has 1 aromatic heterocycles. The highest BCUT2D eigenvalue weighted by atomic mass is 16.5. The molecule has 0 aliphatic carbocycles. The van der Waals surface area contributed by atoms with E-state index in [2.05, 4.69) is 83.6 Å². The highest BCUT2D eigenvalue weighted by molar-refractivity contribution is 5.87. The van der Waals surface area contributed by atoms with Gasteiger partial charge in [0.1, 0.15) is 6.04 Å². The van der Waals surface area contributed by atoms with Gasteiger partial charge in [-0.05, 0) is 30.0 Å². The molecule has 0 amide bonds. The van der Waals surface area contributed by atoms with E-state index in [0.29, 0.717) is 18.5 Å². The fourth-order valence-electron chi connectivity index (χ4n) is 5.75. The summed E-state index contributed by atoms with van der Waals surface area (Å²) in [6, 6.07) is 19.8. The molecule has 5 rings (SSSR count). The smallest absolute Gasteiger partial charge is 0.323 e. The summed E-state index contributed by atoms with van der Waals surface area (Å²) in [5.74, 6) is -0.142. The van der Waals surface area contributed by atoms with Crippen molar-refractivity contribution in [1.29, 1.82) is 0 Å². The third-order valence-electron chi connectivity index (χ3n) is 6.90. The number of aromatic amines is 1. The van der Waals surface area contributed by atoms with Crippen LogP contribution in [0.3, 0.4) is 0 Å². The summed E-state index contributed by atoms with van der Waals surface area (Å²) in [5.41, 5.74) is 4.94. The van der Waals surface area contributed by atoms with E-state index in [1.807, 2.05) is 0 Å². The van der Waals surface area contributed by atoms with Gasteiger partial charge in [-0.3, -0.25) is 9.69 Å². The molecule has 31 heavy (non-hydrogen) atoms. The molecule has 3 aromatic rings. The number of carbonyl (C=O) groups excluding carboxylic acids is 1. The minimum atomic E-state index is -0.285. The number of hydrogen-bond donors (Lipinski definition) is 2. The Kier molecular flexibility index (Phi) is 5.32. The van der Waals surface area contributed by atoms with Crippen LogP contribution < -0.4 is 5.32 Å². The van der Waals surface area contributed by atoms with Crippen molar-refractivity contribution in [2.75, 3.05) is 7.11 Å². The molecule has 0 spiro atoms. The average Bonchev–Trinajstić information content (AvgIpc) is 3.16. The molecule has 4 atom stereocenters. The SMILES string of the molecule is COC(=O)[C@@H]1Cc2c([nH]c3ccccc23)[C@H]2C[C@@H](NC(C)C)C[C@@H](c3ccccc3)N21. The Hall–Kier alpha value is -2.63. The number of aromatic nitrogens is 1. The lowest BCUT2D eigenvalue weighted by Gasteiger charge is -2.51. The van der Waals surface area contributed by atoms with Gasteiger partial charge in [0.15, 0.2) is 0 Å². The summed E-state index contributed by atoms with van der Waals surface area (Å²) in [5, 5.41) is 5.00. The van der Waals surface area contributed by atoms with Crippen LogP contribution in [0.2, 0.25) is 0 Å². The molecule has 3 heterocycles. The molecule has 162 valence electrons. The number of ether oxygens (including phenoxy) is 1. The topological polar surface area (TPSA) is 57.4 Å². The Morgan fingerprint density at radius 3 is 2.52 bits per heavy atom. The van der Waals surface area contributed by atoms with Crippen molar-refractivity contribution in [1.82, 2.24) is 15.2 Å². The predicted molar refractivity (Wildman–Crippen MR) is 123 cm³/mol. The molecule has 1 fully saturated rings. The summed E-state index contributed by atoms with van der Waals surface area (Å²) in [7, 11) is 1.51. The van der Waals surface area contributed by atoms with Crippen molar-refractivity contribution < 1.29 is 9.53 Å². The molecular formula is C26H31N3O2. The van der Waals surface area contributed by atoms with Crippen molar-refractivity contribution in [3.8, 4) is 0 Å². The number of nitrogens with zero attached hydrogens (tertiary/aromatic N) is 1. The Morgan fingerprint density at radius 2 is 1.77 bits per heavy atom. The summed E-state index contributed by atoms with van der Waals surface area (Å²) in [4.78, 5) is 19.2. The largest absolute Gasteiger partial charge is 0.468 e. The minimum absolute atomic E-state index is 0.135. The first-order chi connectivity index (χ1) is 15.1. The van der Waals surface area contributed by atoms with Crippen molar-refractivity contribution in [2.24, 2.45) is 0 Å². The van der Waals surface area contributed by atoms with Crippen LogP contribution in [0.15, 0.2) is 54.6 Å². The van der Waals surface area contributed by atoms with Gasteiger partial charge >= 0.3 is 5.97 Å². The molecule has 0 bridgehead atoms. The molecule has 2 aromatic carbocycles. The number of fused-ring (bicyclic) bond motifs is 5. The Balaban J connectivity index is 1.66. The van der Waals surface area contributed by atoms with Gasteiger partial charge in [0.2, 0.25) is 0 Å². The molecule has 0 saturated carbocycles. The van der Waals surface area contributed by atoms with Gasteiger partial charge < -0.3 is 15.0 Å². The van der Waals surface area contributed by atoms with Gasteiger partial charge in [0.25, 0.3) is 0 Å². The van der Waals surface area contributed by atoms with E-state index in [1.165, 1.54) is 29.3 Å². The van der Waals surface area contributed by atoms with E-state index in [4.69, 9.17) is 4.74 Å². The van der Waals surface area contributed by atoms with E-state index in [1.54, 1.807) is 0 Å². The highest BCUT2D eigenvalue weighted by Crippen LogP contribution is 2.48. The van der Waals surface area contributed by atoms with Gasteiger partial charge in [0.05, 0.1) is 13.2 Å².